The van der Waals surface area contributed by atoms with Crippen molar-refractivity contribution >= 4 is 0 Å². The van der Waals surface area contributed by atoms with Crippen molar-refractivity contribution in [2.75, 3.05) is 0 Å². The molecule has 0 aromatic heterocycles. The molecule has 0 aliphatic heterocycles. The van der Waals surface area contributed by atoms with Crippen molar-refractivity contribution in [2.45, 2.75) is 51.1 Å². The summed E-state index contributed by atoms with van der Waals surface area (Å²) in [5.74, 6) is -0.966. The number of halogens is 4. The van der Waals surface area contributed by atoms with Gasteiger partial charge in [-0.25, -0.2) is 8.78 Å². The van der Waals surface area contributed by atoms with Crippen LogP contribution in [-0.2, 0) is 6.11 Å². The summed E-state index contributed by atoms with van der Waals surface area (Å²) in [6, 6.07) is 15.8. The van der Waals surface area contributed by atoms with Crippen molar-refractivity contribution in [1.29, 1.82) is 0 Å². The molecule has 4 rings (SSSR count). The second-order valence-corrected chi connectivity index (χ2v) is 8.49. The molecular formula is C27H26F4O. The molecule has 1 aliphatic rings. The van der Waals surface area contributed by atoms with Crippen molar-refractivity contribution in [2.24, 2.45) is 5.92 Å². The molecule has 3 aromatic rings. The van der Waals surface area contributed by atoms with E-state index in [9.17, 15) is 17.6 Å². The molecule has 0 atom stereocenters. The first-order valence-corrected chi connectivity index (χ1v) is 11.1. The normalized spacial score (nSPS) is 19.0. The van der Waals surface area contributed by atoms with Crippen LogP contribution in [-0.4, -0.2) is 0 Å². The molecule has 1 fully saturated rings. The maximum Gasteiger partial charge on any atom is 0.426 e. The van der Waals surface area contributed by atoms with Gasteiger partial charge in [-0.1, -0.05) is 49.7 Å². The minimum absolute atomic E-state index is 0.106. The average molecular weight is 442 g/mol. The molecule has 168 valence electrons. The number of hydrogen-bond donors (Lipinski definition) is 0. The Labute approximate surface area is 186 Å². The van der Waals surface area contributed by atoms with Gasteiger partial charge in [-0.2, -0.15) is 8.78 Å². The van der Waals surface area contributed by atoms with Gasteiger partial charge < -0.3 is 4.74 Å². The zero-order chi connectivity index (χ0) is 22.7. The van der Waals surface area contributed by atoms with Crippen LogP contribution in [0, 0.1) is 17.6 Å². The molecule has 0 N–H and O–H groups in total. The standard InChI is InChI=1S/C27H26F4O/c1-2-18-7-9-19(10-8-18)20-11-14-22(15-12-20)27(30,31)32-26-6-4-3-5-23(26)21-13-16-24(28)25(29)17-21/h3-6,11-19H,2,7-10H2,1H3. The van der Waals surface area contributed by atoms with Crippen molar-refractivity contribution in [3.63, 3.8) is 0 Å². The van der Waals surface area contributed by atoms with E-state index in [1.54, 1.807) is 24.3 Å². The van der Waals surface area contributed by atoms with Crippen LogP contribution in [0.2, 0.25) is 0 Å². The minimum atomic E-state index is -3.58. The predicted molar refractivity (Wildman–Crippen MR) is 118 cm³/mol. The van der Waals surface area contributed by atoms with E-state index in [-0.39, 0.29) is 22.4 Å². The molecule has 1 nitrogen and oxygen atoms in total. The summed E-state index contributed by atoms with van der Waals surface area (Å²) in [6.07, 6.45) is 2.17. The Hall–Kier alpha value is -2.82. The van der Waals surface area contributed by atoms with Gasteiger partial charge in [0.1, 0.15) is 5.75 Å². The van der Waals surface area contributed by atoms with E-state index in [1.807, 2.05) is 0 Å². The first-order chi connectivity index (χ1) is 15.4. The van der Waals surface area contributed by atoms with Crippen LogP contribution in [0.1, 0.15) is 56.1 Å². The Bertz CT molecular complexity index is 1050. The summed E-state index contributed by atoms with van der Waals surface area (Å²) in [6.45, 7) is 2.21. The van der Waals surface area contributed by atoms with Gasteiger partial charge in [-0.15, -0.1) is 0 Å². The smallest absolute Gasteiger partial charge is 0.426 e. The van der Waals surface area contributed by atoms with Gasteiger partial charge in [-0.3, -0.25) is 0 Å². The monoisotopic (exact) mass is 442 g/mol. The van der Waals surface area contributed by atoms with Crippen LogP contribution in [0.3, 0.4) is 0 Å². The van der Waals surface area contributed by atoms with Crippen LogP contribution in [0.25, 0.3) is 11.1 Å². The summed E-state index contributed by atoms with van der Waals surface area (Å²) in [5.41, 5.74) is 1.36. The molecule has 0 bridgehead atoms. The van der Waals surface area contributed by atoms with Gasteiger partial charge in [0.2, 0.25) is 0 Å². The molecule has 1 aliphatic carbocycles. The number of hydrogen-bond acceptors (Lipinski definition) is 1. The third-order valence-electron chi connectivity index (χ3n) is 6.50. The molecule has 1 saturated carbocycles. The number of para-hydroxylation sites is 1. The second-order valence-electron chi connectivity index (χ2n) is 8.49. The predicted octanol–water partition coefficient (Wildman–Crippen LogP) is 8.44. The molecule has 0 spiro atoms. The molecule has 5 heteroatoms. The van der Waals surface area contributed by atoms with E-state index in [0.717, 1.165) is 36.5 Å². The Morgan fingerprint density at radius 3 is 2.19 bits per heavy atom. The molecule has 0 unspecified atom stereocenters. The summed E-state index contributed by atoms with van der Waals surface area (Å²) in [7, 11) is 0. The summed E-state index contributed by atoms with van der Waals surface area (Å²) in [5, 5.41) is 0. The van der Waals surface area contributed by atoms with Gasteiger partial charge >= 0.3 is 6.11 Å². The van der Waals surface area contributed by atoms with Crippen molar-refractivity contribution in [1.82, 2.24) is 0 Å². The maximum absolute atomic E-state index is 15.0. The van der Waals surface area contributed by atoms with Crippen LogP contribution in [0.5, 0.6) is 5.75 Å². The Morgan fingerprint density at radius 1 is 0.844 bits per heavy atom. The Morgan fingerprint density at radius 2 is 1.53 bits per heavy atom. The number of rotatable bonds is 6. The molecule has 3 aromatic carbocycles. The average Bonchev–Trinajstić information content (AvgIpc) is 2.81. The van der Waals surface area contributed by atoms with E-state index in [2.05, 4.69) is 6.92 Å². The Balaban J connectivity index is 1.53. The summed E-state index contributed by atoms with van der Waals surface area (Å²) in [4.78, 5) is 0. The molecule has 0 saturated heterocycles. The largest absolute Gasteiger partial charge is 0.428 e. The molecule has 0 heterocycles. The SMILES string of the molecule is CCC1CCC(c2ccc(C(F)(F)Oc3ccccc3-c3ccc(F)c(F)c3)cc2)CC1. The summed E-state index contributed by atoms with van der Waals surface area (Å²) < 4.78 is 62.1. The molecule has 32 heavy (non-hydrogen) atoms. The van der Waals surface area contributed by atoms with Crippen LogP contribution in [0.4, 0.5) is 17.6 Å². The Kier molecular flexibility index (Phi) is 6.54. The highest BCUT2D eigenvalue weighted by Gasteiger charge is 2.35. The third kappa shape index (κ3) is 4.82. The first kappa shape index (κ1) is 22.4. The highest BCUT2D eigenvalue weighted by Crippen LogP contribution is 2.40. The zero-order valence-corrected chi connectivity index (χ0v) is 18.0. The first-order valence-electron chi connectivity index (χ1n) is 11.1. The maximum atomic E-state index is 15.0. The minimum Gasteiger partial charge on any atom is -0.428 e. The van der Waals surface area contributed by atoms with Gasteiger partial charge in [0.25, 0.3) is 0 Å². The number of ether oxygens (including phenoxy) is 1. The summed E-state index contributed by atoms with van der Waals surface area (Å²) >= 11 is 0. The van der Waals surface area contributed by atoms with Crippen molar-refractivity contribution < 1.29 is 22.3 Å². The second kappa shape index (κ2) is 9.35. The fourth-order valence-electron chi connectivity index (χ4n) is 4.51. The van der Waals surface area contributed by atoms with Crippen LogP contribution in [0.15, 0.2) is 66.7 Å². The van der Waals surface area contributed by atoms with Gasteiger partial charge in [0.15, 0.2) is 11.6 Å². The van der Waals surface area contributed by atoms with Gasteiger partial charge in [-0.05, 0) is 79.0 Å². The van der Waals surface area contributed by atoms with Gasteiger partial charge in [0.05, 0.1) is 5.56 Å². The number of alkyl halides is 2. The lowest BCUT2D eigenvalue weighted by molar-refractivity contribution is -0.185. The molecular weight excluding hydrogens is 416 g/mol. The highest BCUT2D eigenvalue weighted by molar-refractivity contribution is 5.70. The number of benzene rings is 3. The fourth-order valence-corrected chi connectivity index (χ4v) is 4.51. The zero-order valence-electron chi connectivity index (χ0n) is 18.0. The quantitative estimate of drug-likeness (QED) is 0.348. The lowest BCUT2D eigenvalue weighted by Gasteiger charge is -2.28. The van der Waals surface area contributed by atoms with E-state index in [0.29, 0.717) is 5.92 Å². The van der Waals surface area contributed by atoms with Crippen molar-refractivity contribution in [3.05, 3.63) is 89.5 Å². The van der Waals surface area contributed by atoms with E-state index in [1.165, 1.54) is 49.6 Å². The van der Waals surface area contributed by atoms with Gasteiger partial charge in [0, 0.05) is 5.56 Å². The van der Waals surface area contributed by atoms with E-state index >= 15 is 0 Å². The van der Waals surface area contributed by atoms with Crippen molar-refractivity contribution in [3.8, 4) is 16.9 Å². The molecule has 0 amide bonds. The van der Waals surface area contributed by atoms with Crippen LogP contribution >= 0.6 is 0 Å². The molecule has 0 radical (unpaired) electrons. The van der Waals surface area contributed by atoms with E-state index < -0.39 is 17.7 Å². The highest BCUT2D eigenvalue weighted by atomic mass is 19.3. The van der Waals surface area contributed by atoms with E-state index in [4.69, 9.17) is 4.74 Å². The fraction of sp³-hybridized carbons (Fsp3) is 0.333. The lowest BCUT2D eigenvalue weighted by atomic mass is 9.78. The van der Waals surface area contributed by atoms with Crippen LogP contribution < -0.4 is 4.74 Å². The topological polar surface area (TPSA) is 9.23 Å². The lowest BCUT2D eigenvalue weighted by Crippen LogP contribution is -2.22. The third-order valence-corrected chi connectivity index (χ3v) is 6.50.